The average Bonchev–Trinajstić information content (AvgIpc) is 2.81. The lowest BCUT2D eigenvalue weighted by Crippen LogP contribution is -2.36. The zero-order chi connectivity index (χ0) is 13.7. The van der Waals surface area contributed by atoms with Gasteiger partial charge in [0.25, 0.3) is 0 Å². The molecule has 2 amide bonds. The van der Waals surface area contributed by atoms with Crippen molar-refractivity contribution < 1.29 is 9.59 Å². The second-order valence-electron chi connectivity index (χ2n) is 5.63. The summed E-state index contributed by atoms with van der Waals surface area (Å²) in [7, 11) is 0. The topological polar surface area (TPSA) is 61.4 Å². The molecule has 0 saturated carbocycles. The van der Waals surface area contributed by atoms with Gasteiger partial charge in [-0.25, -0.2) is 0 Å². The van der Waals surface area contributed by atoms with Crippen LogP contribution in [0.2, 0.25) is 0 Å². The molecule has 0 radical (unpaired) electrons. The van der Waals surface area contributed by atoms with Gasteiger partial charge in [0, 0.05) is 26.1 Å². The van der Waals surface area contributed by atoms with E-state index in [0.29, 0.717) is 25.4 Å². The zero-order valence-electron chi connectivity index (χ0n) is 12.2. The molecule has 2 atom stereocenters. The van der Waals surface area contributed by atoms with Crippen molar-refractivity contribution in [1.82, 2.24) is 15.5 Å². The van der Waals surface area contributed by atoms with E-state index in [1.165, 1.54) is 12.8 Å². The molecule has 0 aromatic heterocycles. The second kappa shape index (κ2) is 8.47. The van der Waals surface area contributed by atoms with E-state index in [9.17, 15) is 9.59 Å². The van der Waals surface area contributed by atoms with Crippen LogP contribution >= 0.6 is 12.4 Å². The number of nitrogens with one attached hydrogen (secondary N) is 2. The summed E-state index contributed by atoms with van der Waals surface area (Å²) >= 11 is 0. The number of hydrogen-bond acceptors (Lipinski definition) is 3. The predicted octanol–water partition coefficient (Wildman–Crippen LogP) is 0.782. The molecule has 2 rings (SSSR count). The van der Waals surface area contributed by atoms with Crippen molar-refractivity contribution in [2.24, 2.45) is 11.8 Å². The summed E-state index contributed by atoms with van der Waals surface area (Å²) in [5.41, 5.74) is 0. The summed E-state index contributed by atoms with van der Waals surface area (Å²) in [6.07, 6.45) is 3.91. The molecule has 2 heterocycles. The van der Waals surface area contributed by atoms with Crippen molar-refractivity contribution in [3.8, 4) is 0 Å². The number of hydrogen-bond donors (Lipinski definition) is 2. The number of halogens is 1. The summed E-state index contributed by atoms with van der Waals surface area (Å²) in [6.45, 7) is 6.18. The maximum absolute atomic E-state index is 12.0. The summed E-state index contributed by atoms with van der Waals surface area (Å²) in [4.78, 5) is 25.3. The summed E-state index contributed by atoms with van der Waals surface area (Å²) in [5, 5.41) is 6.37. The Labute approximate surface area is 127 Å². The molecule has 0 aliphatic carbocycles. The van der Waals surface area contributed by atoms with Crippen molar-refractivity contribution in [2.45, 2.75) is 32.6 Å². The van der Waals surface area contributed by atoms with Crippen LogP contribution in [-0.2, 0) is 9.59 Å². The zero-order valence-corrected chi connectivity index (χ0v) is 13.0. The first-order valence-corrected chi connectivity index (χ1v) is 7.47. The van der Waals surface area contributed by atoms with E-state index in [1.807, 2.05) is 6.92 Å². The molecule has 2 aliphatic heterocycles. The van der Waals surface area contributed by atoms with Crippen LogP contribution < -0.4 is 10.6 Å². The Bertz CT molecular complexity index is 332. The fourth-order valence-electron chi connectivity index (χ4n) is 2.97. The van der Waals surface area contributed by atoms with Crippen molar-refractivity contribution in [3.63, 3.8) is 0 Å². The van der Waals surface area contributed by atoms with Gasteiger partial charge in [0.15, 0.2) is 0 Å². The number of likely N-dealkylation sites (tertiary alicyclic amines) is 1. The van der Waals surface area contributed by atoms with Gasteiger partial charge in [-0.05, 0) is 45.2 Å². The highest BCUT2D eigenvalue weighted by molar-refractivity contribution is 5.89. The van der Waals surface area contributed by atoms with Gasteiger partial charge in [0.1, 0.15) is 0 Å². The van der Waals surface area contributed by atoms with Crippen LogP contribution in [0.1, 0.15) is 32.6 Å². The molecule has 2 aliphatic rings. The van der Waals surface area contributed by atoms with E-state index >= 15 is 0 Å². The standard InChI is InChI=1S/C14H25N3O2.ClH/c1-2-17-10-12(8-13(17)18)14(19)16-7-5-11-4-3-6-15-9-11;/h11-12,15H,2-10H2,1H3,(H,16,19);1H. The van der Waals surface area contributed by atoms with Crippen molar-refractivity contribution >= 4 is 24.2 Å². The highest BCUT2D eigenvalue weighted by Gasteiger charge is 2.33. The molecule has 2 unspecified atom stereocenters. The van der Waals surface area contributed by atoms with Gasteiger partial charge in [-0.2, -0.15) is 0 Å². The monoisotopic (exact) mass is 303 g/mol. The molecule has 2 N–H and O–H groups in total. The first-order chi connectivity index (χ1) is 9.20. The number of carbonyl (C=O) groups excluding carboxylic acids is 2. The molecule has 0 bridgehead atoms. The van der Waals surface area contributed by atoms with Gasteiger partial charge in [0.2, 0.25) is 11.8 Å². The van der Waals surface area contributed by atoms with E-state index in [1.54, 1.807) is 4.90 Å². The van der Waals surface area contributed by atoms with Crippen LogP contribution in [0.4, 0.5) is 0 Å². The number of nitrogens with zero attached hydrogens (tertiary/aromatic N) is 1. The molecule has 0 aromatic carbocycles. The van der Waals surface area contributed by atoms with Gasteiger partial charge in [-0.15, -0.1) is 12.4 Å². The third-order valence-electron chi connectivity index (χ3n) is 4.22. The molecule has 6 heteroatoms. The van der Waals surface area contributed by atoms with Crippen molar-refractivity contribution in [1.29, 1.82) is 0 Å². The lowest BCUT2D eigenvalue weighted by atomic mass is 9.96. The van der Waals surface area contributed by atoms with Crippen molar-refractivity contribution in [2.75, 3.05) is 32.7 Å². The Morgan fingerprint density at radius 2 is 2.30 bits per heavy atom. The van der Waals surface area contributed by atoms with Crippen molar-refractivity contribution in [3.05, 3.63) is 0 Å². The van der Waals surface area contributed by atoms with Crippen LogP contribution in [0.5, 0.6) is 0 Å². The highest BCUT2D eigenvalue weighted by atomic mass is 35.5. The maximum atomic E-state index is 12.0. The third-order valence-corrected chi connectivity index (χ3v) is 4.22. The molecule has 5 nitrogen and oxygen atoms in total. The summed E-state index contributed by atoms with van der Waals surface area (Å²) in [6, 6.07) is 0. The number of amides is 2. The largest absolute Gasteiger partial charge is 0.356 e. The van der Waals surface area contributed by atoms with E-state index < -0.39 is 0 Å². The normalized spacial score (nSPS) is 26.2. The fraction of sp³-hybridized carbons (Fsp3) is 0.857. The van der Waals surface area contributed by atoms with Gasteiger partial charge in [0.05, 0.1) is 5.92 Å². The lowest BCUT2D eigenvalue weighted by Gasteiger charge is -2.23. The molecule has 2 fully saturated rings. The summed E-state index contributed by atoms with van der Waals surface area (Å²) < 4.78 is 0. The molecule has 20 heavy (non-hydrogen) atoms. The van der Waals surface area contributed by atoms with Gasteiger partial charge < -0.3 is 15.5 Å². The Morgan fingerprint density at radius 3 is 2.90 bits per heavy atom. The van der Waals surface area contributed by atoms with Gasteiger partial charge in [-0.3, -0.25) is 9.59 Å². The Morgan fingerprint density at radius 1 is 1.50 bits per heavy atom. The van der Waals surface area contributed by atoms with E-state index in [-0.39, 0.29) is 30.1 Å². The van der Waals surface area contributed by atoms with E-state index in [2.05, 4.69) is 10.6 Å². The average molecular weight is 304 g/mol. The number of carbonyl (C=O) groups is 2. The van der Waals surface area contributed by atoms with Gasteiger partial charge >= 0.3 is 0 Å². The van der Waals surface area contributed by atoms with Crippen LogP contribution in [-0.4, -0.2) is 49.4 Å². The fourth-order valence-corrected chi connectivity index (χ4v) is 2.97. The minimum absolute atomic E-state index is 0. The smallest absolute Gasteiger partial charge is 0.225 e. The van der Waals surface area contributed by atoms with Crippen LogP contribution in [0.3, 0.4) is 0 Å². The first kappa shape index (κ1) is 17.2. The minimum atomic E-state index is -0.142. The third kappa shape index (κ3) is 4.63. The number of piperidine rings is 1. The summed E-state index contributed by atoms with van der Waals surface area (Å²) in [5.74, 6) is 0.704. The van der Waals surface area contributed by atoms with Crippen LogP contribution in [0, 0.1) is 11.8 Å². The molecule has 116 valence electrons. The Kier molecular flexibility index (Phi) is 7.30. The first-order valence-electron chi connectivity index (χ1n) is 7.47. The number of rotatable bonds is 5. The lowest BCUT2D eigenvalue weighted by molar-refractivity contribution is -0.128. The maximum Gasteiger partial charge on any atom is 0.225 e. The van der Waals surface area contributed by atoms with Gasteiger partial charge in [-0.1, -0.05) is 0 Å². The van der Waals surface area contributed by atoms with E-state index in [0.717, 1.165) is 26.1 Å². The van der Waals surface area contributed by atoms with Crippen LogP contribution in [0.25, 0.3) is 0 Å². The Balaban J connectivity index is 0.00000200. The van der Waals surface area contributed by atoms with Crippen LogP contribution in [0.15, 0.2) is 0 Å². The second-order valence-corrected chi connectivity index (χ2v) is 5.63. The quantitative estimate of drug-likeness (QED) is 0.789. The minimum Gasteiger partial charge on any atom is -0.356 e. The SMILES string of the molecule is CCN1CC(C(=O)NCCC2CCCNC2)CC1=O.Cl. The van der Waals surface area contributed by atoms with E-state index in [4.69, 9.17) is 0 Å². The predicted molar refractivity (Wildman–Crippen MR) is 80.8 cm³/mol. The molecular formula is C14H26ClN3O2. The Hall–Kier alpha value is -0.810. The molecule has 2 saturated heterocycles. The highest BCUT2D eigenvalue weighted by Crippen LogP contribution is 2.18. The molecule has 0 aromatic rings. The molecular weight excluding hydrogens is 278 g/mol. The molecule has 0 spiro atoms.